The van der Waals surface area contributed by atoms with E-state index in [-0.39, 0.29) is 22.4 Å². The predicted molar refractivity (Wildman–Crippen MR) is 142 cm³/mol. The van der Waals surface area contributed by atoms with E-state index in [0.717, 1.165) is 10.5 Å². The van der Waals surface area contributed by atoms with E-state index in [1.807, 2.05) is 6.92 Å². The van der Waals surface area contributed by atoms with E-state index in [4.69, 9.17) is 16.3 Å². The van der Waals surface area contributed by atoms with Crippen LogP contribution >= 0.6 is 11.6 Å². The number of imide groups is 1. The SMILES string of the molecule is Cc1ccc(N2C(=O)C(Cl)=C(Nc3cccc(C(=O)Nc4cccc(C(=O)OC(C)C)c4)c3)C2=O)cc1. The lowest BCUT2D eigenvalue weighted by Crippen LogP contribution is -2.32. The first-order chi connectivity index (χ1) is 17.6. The van der Waals surface area contributed by atoms with Crippen molar-refractivity contribution in [1.29, 1.82) is 0 Å². The molecule has 3 aromatic carbocycles. The Morgan fingerprint density at radius 3 is 2.16 bits per heavy atom. The third-order valence-electron chi connectivity index (χ3n) is 5.41. The number of hydrogen-bond donors (Lipinski definition) is 2. The van der Waals surface area contributed by atoms with Crippen LogP contribution in [0.3, 0.4) is 0 Å². The zero-order valence-corrected chi connectivity index (χ0v) is 21.1. The maximum atomic E-state index is 13.0. The average Bonchev–Trinajstić information content (AvgIpc) is 3.07. The lowest BCUT2D eigenvalue weighted by atomic mass is 10.1. The highest BCUT2D eigenvalue weighted by Crippen LogP contribution is 2.30. The number of carbonyl (C=O) groups is 4. The van der Waals surface area contributed by atoms with Gasteiger partial charge in [-0.05, 0) is 69.3 Å². The van der Waals surface area contributed by atoms with Gasteiger partial charge in [-0.1, -0.05) is 41.4 Å². The molecule has 0 saturated carbocycles. The number of nitrogens with zero attached hydrogens (tertiary/aromatic N) is 1. The Hall–Kier alpha value is -4.43. The number of aryl methyl sites for hydroxylation is 1. The summed E-state index contributed by atoms with van der Waals surface area (Å²) in [5.41, 5.74) is 2.71. The van der Waals surface area contributed by atoms with Gasteiger partial charge in [-0.15, -0.1) is 0 Å². The molecule has 8 nitrogen and oxygen atoms in total. The highest BCUT2D eigenvalue weighted by atomic mass is 35.5. The van der Waals surface area contributed by atoms with Crippen molar-refractivity contribution in [3.63, 3.8) is 0 Å². The van der Waals surface area contributed by atoms with Gasteiger partial charge in [-0.25, -0.2) is 9.69 Å². The quantitative estimate of drug-likeness (QED) is 0.328. The zero-order chi connectivity index (χ0) is 26.7. The molecule has 0 unspecified atom stereocenters. The van der Waals surface area contributed by atoms with Gasteiger partial charge in [0.2, 0.25) is 0 Å². The molecule has 0 saturated heterocycles. The predicted octanol–water partition coefficient (Wildman–Crippen LogP) is 5.25. The Bertz CT molecular complexity index is 1430. The lowest BCUT2D eigenvalue weighted by molar-refractivity contribution is -0.120. The van der Waals surface area contributed by atoms with Crippen LogP contribution in [0.2, 0.25) is 0 Å². The number of anilines is 3. The molecule has 0 atom stereocenters. The molecule has 0 aliphatic carbocycles. The second-order valence-electron chi connectivity index (χ2n) is 8.67. The number of amides is 3. The molecule has 1 aliphatic heterocycles. The second kappa shape index (κ2) is 10.7. The summed E-state index contributed by atoms with van der Waals surface area (Å²) < 4.78 is 5.20. The first-order valence-corrected chi connectivity index (χ1v) is 11.9. The number of esters is 1. The first-order valence-electron chi connectivity index (χ1n) is 11.5. The number of ether oxygens (including phenoxy) is 1. The van der Waals surface area contributed by atoms with Crippen LogP contribution in [0.4, 0.5) is 17.1 Å². The van der Waals surface area contributed by atoms with Crippen molar-refractivity contribution in [1.82, 2.24) is 0 Å². The summed E-state index contributed by atoms with van der Waals surface area (Å²) in [4.78, 5) is 51.8. The van der Waals surface area contributed by atoms with Crippen LogP contribution in [0, 0.1) is 6.92 Å². The largest absolute Gasteiger partial charge is 0.459 e. The molecule has 0 spiro atoms. The molecule has 3 amide bonds. The smallest absolute Gasteiger partial charge is 0.338 e. The van der Waals surface area contributed by atoms with Crippen LogP contribution in [0.15, 0.2) is 83.5 Å². The number of halogens is 1. The minimum Gasteiger partial charge on any atom is -0.459 e. The van der Waals surface area contributed by atoms with Crippen molar-refractivity contribution in [2.75, 3.05) is 15.5 Å². The fourth-order valence-corrected chi connectivity index (χ4v) is 3.84. The molecule has 0 radical (unpaired) electrons. The van der Waals surface area contributed by atoms with Crippen molar-refractivity contribution in [2.45, 2.75) is 26.9 Å². The Morgan fingerprint density at radius 1 is 0.865 bits per heavy atom. The molecule has 1 aliphatic rings. The van der Waals surface area contributed by atoms with E-state index >= 15 is 0 Å². The molecule has 0 fully saturated rings. The summed E-state index contributed by atoms with van der Waals surface area (Å²) in [5.74, 6) is -2.16. The summed E-state index contributed by atoms with van der Waals surface area (Å²) in [6, 6.07) is 19.7. The van der Waals surface area contributed by atoms with Crippen molar-refractivity contribution >= 4 is 52.4 Å². The van der Waals surface area contributed by atoms with Crippen molar-refractivity contribution in [3.8, 4) is 0 Å². The molecule has 3 aromatic rings. The van der Waals surface area contributed by atoms with Gasteiger partial charge >= 0.3 is 5.97 Å². The Kier molecular flexibility index (Phi) is 7.40. The fourth-order valence-electron chi connectivity index (χ4n) is 3.63. The number of benzene rings is 3. The summed E-state index contributed by atoms with van der Waals surface area (Å²) in [6.07, 6.45) is -0.268. The van der Waals surface area contributed by atoms with Gasteiger partial charge in [0, 0.05) is 16.9 Å². The van der Waals surface area contributed by atoms with Gasteiger partial charge in [0.05, 0.1) is 17.4 Å². The van der Waals surface area contributed by atoms with Gasteiger partial charge in [0.1, 0.15) is 10.7 Å². The van der Waals surface area contributed by atoms with E-state index in [1.54, 1.807) is 74.5 Å². The molecule has 9 heteroatoms. The zero-order valence-electron chi connectivity index (χ0n) is 20.4. The molecule has 2 N–H and O–H groups in total. The van der Waals surface area contributed by atoms with E-state index < -0.39 is 23.7 Å². The molecule has 0 aromatic heterocycles. The van der Waals surface area contributed by atoms with Crippen LogP contribution in [-0.2, 0) is 14.3 Å². The van der Waals surface area contributed by atoms with E-state index in [9.17, 15) is 19.2 Å². The van der Waals surface area contributed by atoms with Crippen LogP contribution in [0.5, 0.6) is 0 Å². The van der Waals surface area contributed by atoms with Crippen LogP contribution < -0.4 is 15.5 Å². The molecular weight excluding hydrogens is 494 g/mol. The number of hydrogen-bond acceptors (Lipinski definition) is 6. The minimum atomic E-state index is -0.636. The van der Waals surface area contributed by atoms with Crippen molar-refractivity contribution in [3.05, 3.63) is 100 Å². The van der Waals surface area contributed by atoms with E-state index in [1.165, 1.54) is 12.1 Å². The fraction of sp³-hybridized carbons (Fsp3) is 0.143. The molecule has 1 heterocycles. The maximum Gasteiger partial charge on any atom is 0.338 e. The summed E-state index contributed by atoms with van der Waals surface area (Å²) in [5, 5.41) is 5.38. The van der Waals surface area contributed by atoms with Crippen molar-refractivity contribution in [2.24, 2.45) is 0 Å². The number of rotatable bonds is 7. The number of nitrogens with one attached hydrogen (secondary N) is 2. The normalized spacial score (nSPS) is 13.3. The molecule has 37 heavy (non-hydrogen) atoms. The highest BCUT2D eigenvalue weighted by Gasteiger charge is 2.39. The summed E-state index contributed by atoms with van der Waals surface area (Å²) in [6.45, 7) is 5.40. The summed E-state index contributed by atoms with van der Waals surface area (Å²) >= 11 is 6.22. The third-order valence-corrected chi connectivity index (χ3v) is 5.76. The third kappa shape index (κ3) is 5.70. The van der Waals surface area contributed by atoms with Crippen LogP contribution in [0.1, 0.15) is 40.1 Å². The minimum absolute atomic E-state index is 0.0823. The Balaban J connectivity index is 1.49. The molecule has 4 rings (SSSR count). The first kappa shape index (κ1) is 25.7. The highest BCUT2D eigenvalue weighted by molar-refractivity contribution is 6.53. The van der Waals surface area contributed by atoms with E-state index in [2.05, 4.69) is 10.6 Å². The van der Waals surface area contributed by atoms with Crippen LogP contribution in [-0.4, -0.2) is 29.8 Å². The Labute approximate surface area is 218 Å². The van der Waals surface area contributed by atoms with E-state index in [0.29, 0.717) is 22.6 Å². The second-order valence-corrected chi connectivity index (χ2v) is 9.04. The molecule has 188 valence electrons. The van der Waals surface area contributed by atoms with Gasteiger partial charge < -0.3 is 15.4 Å². The maximum absolute atomic E-state index is 13.0. The van der Waals surface area contributed by atoms with Crippen molar-refractivity contribution < 1.29 is 23.9 Å². The van der Waals surface area contributed by atoms with Crippen LogP contribution in [0.25, 0.3) is 0 Å². The number of carbonyl (C=O) groups excluding carboxylic acids is 4. The molecular formula is C28H24ClN3O5. The van der Waals surface area contributed by atoms with Gasteiger partial charge in [0.15, 0.2) is 0 Å². The topological polar surface area (TPSA) is 105 Å². The van der Waals surface area contributed by atoms with Gasteiger partial charge in [0.25, 0.3) is 17.7 Å². The molecule has 0 bridgehead atoms. The van der Waals surface area contributed by atoms with Gasteiger partial charge in [-0.2, -0.15) is 0 Å². The Morgan fingerprint density at radius 2 is 1.49 bits per heavy atom. The lowest BCUT2D eigenvalue weighted by Gasteiger charge is -2.15. The average molecular weight is 518 g/mol. The van der Waals surface area contributed by atoms with Gasteiger partial charge in [-0.3, -0.25) is 14.4 Å². The monoisotopic (exact) mass is 517 g/mol. The standard InChI is InChI=1S/C28H24ClN3O5/c1-16(2)37-28(36)19-7-5-9-21(15-19)31-25(33)18-6-4-8-20(14-18)30-24-23(29)26(34)32(27(24)35)22-12-10-17(3)11-13-22/h4-16,30H,1-3H3,(H,31,33). The summed E-state index contributed by atoms with van der Waals surface area (Å²) in [7, 11) is 0.